The van der Waals surface area contributed by atoms with Gasteiger partial charge in [-0.25, -0.2) is 0 Å². The Balaban J connectivity index is 2.29. The number of esters is 1. The van der Waals surface area contributed by atoms with Gasteiger partial charge in [0.15, 0.2) is 0 Å². The topological polar surface area (TPSA) is 68.5 Å². The van der Waals surface area contributed by atoms with Crippen molar-refractivity contribution in [1.29, 1.82) is 0 Å². The van der Waals surface area contributed by atoms with Crippen molar-refractivity contribution in [3.05, 3.63) is 28.2 Å². The summed E-state index contributed by atoms with van der Waals surface area (Å²) in [5, 5.41) is 9.46. The van der Waals surface area contributed by atoms with Crippen LogP contribution in [0.25, 0.3) is 0 Å². The van der Waals surface area contributed by atoms with Crippen LogP contribution in [-0.4, -0.2) is 22.2 Å². The number of ether oxygens (including phenoxy) is 1. The predicted molar refractivity (Wildman–Crippen MR) is 65.4 cm³/mol. The summed E-state index contributed by atoms with van der Waals surface area (Å²) in [4.78, 5) is 23.5. The standard InChI is InChI=1S/C13H17NO4/c1-2-18-13(17)9-4-3-5-14-10(6-9)7-11(15)8-12(14)16/h7-9,15H,2-6H2,1H3. The number of fused-ring (bicyclic) bond motifs is 1. The minimum Gasteiger partial charge on any atom is -0.508 e. The third kappa shape index (κ3) is 2.55. The van der Waals surface area contributed by atoms with Crippen molar-refractivity contribution < 1.29 is 14.6 Å². The number of hydrogen-bond donors (Lipinski definition) is 1. The normalized spacial score (nSPS) is 18.8. The molecule has 0 saturated carbocycles. The number of hydrogen-bond acceptors (Lipinski definition) is 4. The van der Waals surface area contributed by atoms with Gasteiger partial charge in [-0.3, -0.25) is 9.59 Å². The van der Waals surface area contributed by atoms with Crippen molar-refractivity contribution in [1.82, 2.24) is 4.57 Å². The first-order valence-electron chi connectivity index (χ1n) is 6.21. The van der Waals surface area contributed by atoms with Crippen LogP contribution in [0.4, 0.5) is 0 Å². The molecule has 0 spiro atoms. The van der Waals surface area contributed by atoms with Crippen molar-refractivity contribution in [2.75, 3.05) is 6.61 Å². The zero-order chi connectivity index (χ0) is 13.1. The van der Waals surface area contributed by atoms with Gasteiger partial charge in [0.05, 0.1) is 12.5 Å². The average Bonchev–Trinajstić information content (AvgIpc) is 2.51. The second kappa shape index (κ2) is 5.25. The molecule has 0 fully saturated rings. The Hall–Kier alpha value is -1.78. The zero-order valence-corrected chi connectivity index (χ0v) is 10.4. The molecule has 98 valence electrons. The van der Waals surface area contributed by atoms with Crippen LogP contribution in [-0.2, 0) is 22.5 Å². The summed E-state index contributed by atoms with van der Waals surface area (Å²) in [6.45, 7) is 2.73. The van der Waals surface area contributed by atoms with Gasteiger partial charge < -0.3 is 14.4 Å². The summed E-state index contributed by atoms with van der Waals surface area (Å²) < 4.78 is 6.65. The molecule has 2 heterocycles. The Bertz CT molecular complexity index is 506. The van der Waals surface area contributed by atoms with E-state index in [1.165, 1.54) is 6.07 Å². The first kappa shape index (κ1) is 12.7. The minimum atomic E-state index is -0.222. The van der Waals surface area contributed by atoms with Crippen molar-refractivity contribution in [2.45, 2.75) is 32.7 Å². The van der Waals surface area contributed by atoms with E-state index in [9.17, 15) is 14.7 Å². The highest BCUT2D eigenvalue weighted by molar-refractivity contribution is 5.72. The van der Waals surface area contributed by atoms with E-state index < -0.39 is 0 Å². The SMILES string of the molecule is CCOC(=O)C1CCCn2c(cc(O)cc2=O)C1. The van der Waals surface area contributed by atoms with Gasteiger partial charge in [0.25, 0.3) is 5.56 Å². The largest absolute Gasteiger partial charge is 0.508 e. The molecule has 0 aliphatic carbocycles. The highest BCUT2D eigenvalue weighted by atomic mass is 16.5. The summed E-state index contributed by atoms with van der Waals surface area (Å²) in [5.74, 6) is -0.489. The first-order valence-corrected chi connectivity index (χ1v) is 6.21. The Morgan fingerprint density at radius 2 is 2.33 bits per heavy atom. The van der Waals surface area contributed by atoms with Gasteiger partial charge in [-0.05, 0) is 25.8 Å². The van der Waals surface area contributed by atoms with Crippen molar-refractivity contribution in [3.63, 3.8) is 0 Å². The van der Waals surface area contributed by atoms with E-state index in [2.05, 4.69) is 0 Å². The lowest BCUT2D eigenvalue weighted by Gasteiger charge is -2.13. The predicted octanol–water partition coefficient (Wildman–Crippen LogP) is 1.07. The fraction of sp³-hybridized carbons (Fsp3) is 0.538. The average molecular weight is 251 g/mol. The van der Waals surface area contributed by atoms with Crippen LogP contribution in [0.3, 0.4) is 0 Å². The van der Waals surface area contributed by atoms with Gasteiger partial charge in [0.2, 0.25) is 0 Å². The van der Waals surface area contributed by atoms with Crippen LogP contribution in [0.5, 0.6) is 5.75 Å². The molecule has 5 heteroatoms. The molecule has 0 amide bonds. The van der Waals surface area contributed by atoms with E-state index in [0.29, 0.717) is 31.7 Å². The number of rotatable bonds is 2. The van der Waals surface area contributed by atoms with E-state index in [0.717, 1.165) is 6.42 Å². The second-order valence-corrected chi connectivity index (χ2v) is 4.49. The molecular weight excluding hydrogens is 234 g/mol. The maximum absolute atomic E-state index is 11.8. The number of carbonyl (C=O) groups is 1. The molecular formula is C13H17NO4. The van der Waals surface area contributed by atoms with E-state index in [1.807, 2.05) is 0 Å². The maximum Gasteiger partial charge on any atom is 0.309 e. The summed E-state index contributed by atoms with van der Waals surface area (Å²) in [6, 6.07) is 2.76. The van der Waals surface area contributed by atoms with Crippen LogP contribution in [0.15, 0.2) is 16.9 Å². The van der Waals surface area contributed by atoms with Crippen molar-refractivity contribution in [3.8, 4) is 5.75 Å². The molecule has 1 aromatic rings. The maximum atomic E-state index is 11.8. The van der Waals surface area contributed by atoms with Crippen LogP contribution in [0.2, 0.25) is 0 Å². The van der Waals surface area contributed by atoms with Gasteiger partial charge >= 0.3 is 5.97 Å². The summed E-state index contributed by atoms with van der Waals surface area (Å²) >= 11 is 0. The molecule has 5 nitrogen and oxygen atoms in total. The zero-order valence-electron chi connectivity index (χ0n) is 10.4. The summed E-state index contributed by atoms with van der Waals surface area (Å²) in [6.07, 6.45) is 1.92. The van der Waals surface area contributed by atoms with Crippen molar-refractivity contribution >= 4 is 5.97 Å². The van der Waals surface area contributed by atoms with Gasteiger partial charge in [0.1, 0.15) is 5.75 Å². The van der Waals surface area contributed by atoms with Crippen LogP contribution in [0, 0.1) is 5.92 Å². The Morgan fingerprint density at radius 3 is 3.06 bits per heavy atom. The highest BCUT2D eigenvalue weighted by Crippen LogP contribution is 2.22. The van der Waals surface area contributed by atoms with E-state index in [1.54, 1.807) is 17.6 Å². The number of carbonyl (C=O) groups excluding carboxylic acids is 1. The second-order valence-electron chi connectivity index (χ2n) is 4.49. The molecule has 1 unspecified atom stereocenters. The third-order valence-corrected chi connectivity index (χ3v) is 3.21. The quantitative estimate of drug-likeness (QED) is 0.798. The monoisotopic (exact) mass is 251 g/mol. The Kier molecular flexibility index (Phi) is 3.69. The van der Waals surface area contributed by atoms with Gasteiger partial charge in [-0.1, -0.05) is 0 Å². The number of pyridine rings is 1. The number of aromatic nitrogens is 1. The van der Waals surface area contributed by atoms with Crippen LogP contribution >= 0.6 is 0 Å². The Labute approximate surface area is 105 Å². The lowest BCUT2D eigenvalue weighted by molar-refractivity contribution is -0.148. The van der Waals surface area contributed by atoms with E-state index >= 15 is 0 Å². The van der Waals surface area contributed by atoms with Crippen LogP contribution in [0.1, 0.15) is 25.5 Å². The minimum absolute atomic E-state index is 0.0456. The fourth-order valence-corrected chi connectivity index (χ4v) is 2.37. The highest BCUT2D eigenvalue weighted by Gasteiger charge is 2.24. The molecule has 18 heavy (non-hydrogen) atoms. The van der Waals surface area contributed by atoms with Gasteiger partial charge in [-0.15, -0.1) is 0 Å². The van der Waals surface area contributed by atoms with E-state index in [4.69, 9.17) is 4.74 Å². The molecule has 0 bridgehead atoms. The molecule has 0 radical (unpaired) electrons. The fourth-order valence-electron chi connectivity index (χ4n) is 2.37. The smallest absolute Gasteiger partial charge is 0.309 e. The van der Waals surface area contributed by atoms with Crippen LogP contribution < -0.4 is 5.56 Å². The molecule has 2 rings (SSSR count). The van der Waals surface area contributed by atoms with Crippen molar-refractivity contribution in [2.24, 2.45) is 5.92 Å². The molecule has 0 aromatic carbocycles. The van der Waals surface area contributed by atoms with E-state index in [-0.39, 0.29) is 23.2 Å². The number of aromatic hydroxyl groups is 1. The summed E-state index contributed by atoms with van der Waals surface area (Å²) in [5.41, 5.74) is 0.491. The first-order chi connectivity index (χ1) is 8.61. The summed E-state index contributed by atoms with van der Waals surface area (Å²) in [7, 11) is 0. The molecule has 1 atom stereocenters. The van der Waals surface area contributed by atoms with Gasteiger partial charge in [-0.2, -0.15) is 0 Å². The van der Waals surface area contributed by atoms with Gasteiger partial charge in [0, 0.05) is 24.7 Å². The molecule has 1 N–H and O–H groups in total. The molecule has 1 aliphatic heterocycles. The third-order valence-electron chi connectivity index (χ3n) is 3.21. The molecule has 1 aromatic heterocycles. The Morgan fingerprint density at radius 1 is 1.56 bits per heavy atom. The molecule has 0 saturated heterocycles. The lowest BCUT2D eigenvalue weighted by Crippen LogP contribution is -2.23. The number of nitrogens with zero attached hydrogens (tertiary/aromatic N) is 1. The molecule has 1 aliphatic rings. The lowest BCUT2D eigenvalue weighted by atomic mass is 9.99.